The fourth-order valence-corrected chi connectivity index (χ4v) is 4.76. The van der Waals surface area contributed by atoms with Crippen LogP contribution in [0.1, 0.15) is 50.8 Å². The van der Waals surface area contributed by atoms with Crippen molar-refractivity contribution >= 4 is 22.8 Å². The summed E-state index contributed by atoms with van der Waals surface area (Å²) in [4.78, 5) is 19.9. The van der Waals surface area contributed by atoms with Gasteiger partial charge in [0.1, 0.15) is 22.9 Å². The highest BCUT2D eigenvalue weighted by Gasteiger charge is 2.20. The first-order valence-corrected chi connectivity index (χ1v) is 13.0. The van der Waals surface area contributed by atoms with Gasteiger partial charge in [-0.2, -0.15) is 0 Å². The highest BCUT2D eigenvalue weighted by molar-refractivity contribution is 5.83. The second kappa shape index (κ2) is 11.9. The van der Waals surface area contributed by atoms with Gasteiger partial charge in [-0.15, -0.1) is 0 Å². The molecule has 0 fully saturated rings. The summed E-state index contributed by atoms with van der Waals surface area (Å²) < 4.78 is 36.9. The van der Waals surface area contributed by atoms with E-state index in [9.17, 15) is 8.78 Å². The van der Waals surface area contributed by atoms with Crippen molar-refractivity contribution in [3.05, 3.63) is 59.2 Å². The third kappa shape index (κ3) is 5.66. The van der Waals surface area contributed by atoms with Crippen LogP contribution in [0.4, 0.5) is 20.5 Å². The minimum atomic E-state index is -0.638. The molecule has 4 aromatic rings. The molecule has 0 saturated carbocycles. The molecule has 0 radical (unpaired) electrons. The zero-order valence-corrected chi connectivity index (χ0v) is 22.8. The molecule has 0 spiro atoms. The number of halogens is 2. The van der Waals surface area contributed by atoms with Crippen molar-refractivity contribution in [2.45, 2.75) is 53.6 Å². The Hall–Kier alpha value is -3.50. The van der Waals surface area contributed by atoms with E-state index in [1.807, 2.05) is 51.3 Å². The van der Waals surface area contributed by atoms with Crippen LogP contribution in [0, 0.1) is 18.6 Å². The molecule has 8 nitrogen and oxygen atoms in total. The van der Waals surface area contributed by atoms with E-state index in [1.165, 1.54) is 11.6 Å². The molecule has 5 rings (SSSR count). The number of benzene rings is 1. The average Bonchev–Trinajstić information content (AvgIpc) is 3.26. The Kier molecular flexibility index (Phi) is 8.63. The summed E-state index contributed by atoms with van der Waals surface area (Å²) in [6, 6.07) is 6.95. The summed E-state index contributed by atoms with van der Waals surface area (Å²) in [6.45, 7) is 13.1. The second-order valence-corrected chi connectivity index (χ2v) is 9.28. The summed E-state index contributed by atoms with van der Waals surface area (Å²) in [7, 11) is 1.71. The van der Waals surface area contributed by atoms with E-state index < -0.39 is 11.6 Å². The number of imidazole rings is 1. The topological polar surface area (TPSA) is 81.0 Å². The first-order chi connectivity index (χ1) is 18.3. The molecule has 1 aromatic carbocycles. The molecular weight excluding hydrogens is 488 g/mol. The maximum atomic E-state index is 14.9. The smallest absolute Gasteiger partial charge is 0.229 e. The van der Waals surface area contributed by atoms with Crippen LogP contribution in [-0.2, 0) is 17.7 Å². The van der Waals surface area contributed by atoms with Gasteiger partial charge in [-0.25, -0.2) is 28.7 Å². The SMILES string of the molecule is CC.COCCN1CCc2nc(Nc3ncc(F)c(-c4cc(F)c5nc(C)n(C(C)C)c5c4)n3)ccc2C1. The van der Waals surface area contributed by atoms with E-state index in [0.717, 1.165) is 37.9 Å². The minimum Gasteiger partial charge on any atom is -0.383 e. The number of aromatic nitrogens is 5. The largest absolute Gasteiger partial charge is 0.383 e. The van der Waals surface area contributed by atoms with E-state index in [0.29, 0.717) is 29.3 Å². The molecule has 0 unspecified atom stereocenters. The molecular formula is C28H35F2N7O. The van der Waals surface area contributed by atoms with Crippen molar-refractivity contribution in [1.82, 2.24) is 29.4 Å². The predicted octanol–water partition coefficient (Wildman–Crippen LogP) is 5.83. The van der Waals surface area contributed by atoms with Crippen LogP contribution in [0.25, 0.3) is 22.3 Å². The lowest BCUT2D eigenvalue weighted by molar-refractivity contribution is 0.140. The normalized spacial score (nSPS) is 13.4. The number of hydrogen-bond donors (Lipinski definition) is 1. The molecule has 1 N–H and O–H groups in total. The Bertz CT molecular complexity index is 1420. The fourth-order valence-electron chi connectivity index (χ4n) is 4.76. The highest BCUT2D eigenvalue weighted by atomic mass is 19.1. The number of fused-ring (bicyclic) bond motifs is 2. The Labute approximate surface area is 222 Å². The molecule has 1 aliphatic rings. The number of nitrogens with zero attached hydrogens (tertiary/aromatic N) is 6. The van der Waals surface area contributed by atoms with Crippen molar-refractivity contribution < 1.29 is 13.5 Å². The van der Waals surface area contributed by atoms with Crippen LogP contribution < -0.4 is 5.32 Å². The van der Waals surface area contributed by atoms with E-state index in [2.05, 4.69) is 25.2 Å². The lowest BCUT2D eigenvalue weighted by Gasteiger charge is -2.28. The summed E-state index contributed by atoms with van der Waals surface area (Å²) in [5, 5.41) is 3.08. The van der Waals surface area contributed by atoms with Gasteiger partial charge >= 0.3 is 0 Å². The Morgan fingerprint density at radius 2 is 1.87 bits per heavy atom. The molecule has 38 heavy (non-hydrogen) atoms. The van der Waals surface area contributed by atoms with E-state index >= 15 is 0 Å². The summed E-state index contributed by atoms with van der Waals surface area (Å²) in [5.41, 5.74) is 3.37. The van der Waals surface area contributed by atoms with Gasteiger partial charge in [0.15, 0.2) is 11.6 Å². The molecule has 202 valence electrons. The van der Waals surface area contributed by atoms with Gasteiger partial charge in [-0.1, -0.05) is 19.9 Å². The maximum absolute atomic E-state index is 14.9. The first kappa shape index (κ1) is 27.5. The zero-order valence-electron chi connectivity index (χ0n) is 22.8. The molecule has 10 heteroatoms. The molecule has 3 aromatic heterocycles. The molecule has 4 heterocycles. The maximum Gasteiger partial charge on any atom is 0.229 e. The summed E-state index contributed by atoms with van der Waals surface area (Å²) in [6.07, 6.45) is 1.91. The average molecular weight is 524 g/mol. The predicted molar refractivity (Wildman–Crippen MR) is 146 cm³/mol. The van der Waals surface area contributed by atoms with Gasteiger partial charge in [0.2, 0.25) is 5.95 Å². The van der Waals surface area contributed by atoms with Gasteiger partial charge in [-0.3, -0.25) is 4.90 Å². The second-order valence-electron chi connectivity index (χ2n) is 9.28. The zero-order chi connectivity index (χ0) is 27.4. The third-order valence-corrected chi connectivity index (χ3v) is 6.44. The number of hydrogen-bond acceptors (Lipinski definition) is 7. The lowest BCUT2D eigenvalue weighted by Crippen LogP contribution is -2.33. The quantitative estimate of drug-likeness (QED) is 0.326. The number of anilines is 2. The van der Waals surface area contributed by atoms with E-state index in [-0.39, 0.29) is 23.2 Å². The lowest BCUT2D eigenvalue weighted by atomic mass is 10.1. The van der Waals surface area contributed by atoms with Gasteiger partial charge in [0.05, 0.1) is 18.3 Å². The van der Waals surface area contributed by atoms with Gasteiger partial charge in [-0.05, 0) is 44.5 Å². The number of methoxy groups -OCH3 is 1. The van der Waals surface area contributed by atoms with Gasteiger partial charge in [0.25, 0.3) is 0 Å². The summed E-state index contributed by atoms with van der Waals surface area (Å²) in [5.74, 6) is 0.300. The van der Waals surface area contributed by atoms with Crippen LogP contribution in [-0.4, -0.2) is 56.2 Å². The van der Waals surface area contributed by atoms with Gasteiger partial charge < -0.3 is 14.6 Å². The van der Waals surface area contributed by atoms with Crippen LogP contribution >= 0.6 is 0 Å². The van der Waals surface area contributed by atoms with E-state index in [1.54, 1.807) is 13.2 Å². The molecule has 0 bridgehead atoms. The minimum absolute atomic E-state index is 0.00852. The Morgan fingerprint density at radius 1 is 1.08 bits per heavy atom. The Balaban J connectivity index is 0.00000164. The fraction of sp³-hybridized carbons (Fsp3) is 0.429. The van der Waals surface area contributed by atoms with Crippen molar-refractivity contribution in [3.8, 4) is 11.3 Å². The standard InChI is InChI=1S/C26H29F2N7O.C2H6/c1-15(2)35-16(3)30-25-19(27)11-18(12-22(25)35)24-20(28)13-29-26(33-24)32-23-6-5-17-14-34(9-10-36-4)8-7-21(17)31-23;1-2/h5-6,11-13,15H,7-10,14H2,1-4H3,(H,29,31,32,33);1-2H3. The molecule has 0 aliphatic carbocycles. The van der Waals surface area contributed by atoms with Crippen LogP contribution in [0.3, 0.4) is 0 Å². The molecule has 1 aliphatic heterocycles. The monoisotopic (exact) mass is 523 g/mol. The molecule has 0 atom stereocenters. The van der Waals surface area contributed by atoms with Crippen LogP contribution in [0.15, 0.2) is 30.5 Å². The van der Waals surface area contributed by atoms with Crippen molar-refractivity contribution in [3.63, 3.8) is 0 Å². The van der Waals surface area contributed by atoms with Crippen molar-refractivity contribution in [2.24, 2.45) is 0 Å². The number of rotatable bonds is 7. The number of aryl methyl sites for hydroxylation is 1. The van der Waals surface area contributed by atoms with Crippen LogP contribution in [0.5, 0.6) is 0 Å². The number of ether oxygens (including phenoxy) is 1. The third-order valence-electron chi connectivity index (χ3n) is 6.44. The molecule has 0 amide bonds. The first-order valence-electron chi connectivity index (χ1n) is 13.0. The Morgan fingerprint density at radius 3 is 2.61 bits per heavy atom. The van der Waals surface area contributed by atoms with Crippen molar-refractivity contribution in [1.29, 1.82) is 0 Å². The summed E-state index contributed by atoms with van der Waals surface area (Å²) >= 11 is 0. The highest BCUT2D eigenvalue weighted by Crippen LogP contribution is 2.30. The van der Waals surface area contributed by atoms with Crippen molar-refractivity contribution in [2.75, 3.05) is 32.1 Å². The molecule has 0 saturated heterocycles. The van der Waals surface area contributed by atoms with Crippen LogP contribution in [0.2, 0.25) is 0 Å². The van der Waals surface area contributed by atoms with E-state index in [4.69, 9.17) is 9.72 Å². The van der Waals surface area contributed by atoms with Gasteiger partial charge in [0, 0.05) is 50.5 Å². The number of nitrogens with one attached hydrogen (secondary N) is 1. The number of pyridine rings is 1.